The van der Waals surface area contributed by atoms with Gasteiger partial charge in [0.05, 0.1) is 6.61 Å². The average molecular weight is 338 g/mol. The topological polar surface area (TPSA) is 67.4 Å². The van der Waals surface area contributed by atoms with Crippen LogP contribution in [0.4, 0.5) is 5.69 Å². The number of hydrogen-bond donors (Lipinski definition) is 2. The third kappa shape index (κ3) is 6.14. The zero-order valence-corrected chi connectivity index (χ0v) is 14.4. The minimum atomic E-state index is -0.388. The molecule has 0 heterocycles. The third-order valence-corrected chi connectivity index (χ3v) is 3.25. The molecular formula is C20H22N2O3. The van der Waals surface area contributed by atoms with Crippen molar-refractivity contribution in [3.63, 3.8) is 0 Å². The molecule has 130 valence electrons. The van der Waals surface area contributed by atoms with Crippen molar-refractivity contribution in [1.29, 1.82) is 0 Å². The first-order valence-electron chi connectivity index (χ1n) is 8.17. The summed E-state index contributed by atoms with van der Waals surface area (Å²) in [5.74, 6) is 0.0590. The van der Waals surface area contributed by atoms with E-state index in [0.29, 0.717) is 12.3 Å². The molecule has 0 radical (unpaired) electrons. The molecule has 0 bridgehead atoms. The molecule has 25 heavy (non-hydrogen) atoms. The summed E-state index contributed by atoms with van der Waals surface area (Å²) < 4.78 is 5.51. The van der Waals surface area contributed by atoms with E-state index >= 15 is 0 Å². The standard InChI is InChI=1S/C20H22N2O3/c1-3-13-25-18-11-9-17(10-12-18)22-20(24)19(21-15(2)23)14-16-7-5-4-6-8-16/h4-12,14H,3,13H2,1-2H3,(H,21,23)(H,22,24). The van der Waals surface area contributed by atoms with Crippen molar-refractivity contribution < 1.29 is 14.3 Å². The largest absolute Gasteiger partial charge is 0.494 e. The van der Waals surface area contributed by atoms with Crippen molar-refractivity contribution in [3.05, 3.63) is 65.9 Å². The van der Waals surface area contributed by atoms with E-state index in [-0.39, 0.29) is 17.5 Å². The van der Waals surface area contributed by atoms with Crippen molar-refractivity contribution in [2.24, 2.45) is 0 Å². The van der Waals surface area contributed by atoms with Gasteiger partial charge in [-0.05, 0) is 42.3 Å². The zero-order chi connectivity index (χ0) is 18.1. The molecule has 0 aliphatic heterocycles. The maximum Gasteiger partial charge on any atom is 0.272 e. The molecule has 2 aromatic rings. The lowest BCUT2D eigenvalue weighted by Gasteiger charge is -2.11. The van der Waals surface area contributed by atoms with E-state index in [4.69, 9.17) is 4.74 Å². The Balaban J connectivity index is 2.11. The Morgan fingerprint density at radius 1 is 1.04 bits per heavy atom. The van der Waals surface area contributed by atoms with Gasteiger partial charge in [-0.2, -0.15) is 0 Å². The molecule has 0 saturated carbocycles. The van der Waals surface area contributed by atoms with Crippen molar-refractivity contribution in [2.45, 2.75) is 20.3 Å². The first kappa shape index (κ1) is 18.3. The first-order valence-corrected chi connectivity index (χ1v) is 8.17. The van der Waals surface area contributed by atoms with Crippen LogP contribution in [0.1, 0.15) is 25.8 Å². The van der Waals surface area contributed by atoms with E-state index in [1.807, 2.05) is 37.3 Å². The SMILES string of the molecule is CCCOc1ccc(NC(=O)C(=Cc2ccccc2)NC(C)=O)cc1. The fraction of sp³-hybridized carbons (Fsp3) is 0.200. The monoisotopic (exact) mass is 338 g/mol. The van der Waals surface area contributed by atoms with Crippen molar-refractivity contribution in [3.8, 4) is 5.75 Å². The van der Waals surface area contributed by atoms with Crippen LogP contribution >= 0.6 is 0 Å². The molecule has 5 nitrogen and oxygen atoms in total. The lowest BCUT2D eigenvalue weighted by atomic mass is 10.2. The minimum absolute atomic E-state index is 0.185. The minimum Gasteiger partial charge on any atom is -0.494 e. The Bertz CT molecular complexity index is 737. The number of anilines is 1. The lowest BCUT2D eigenvalue weighted by Crippen LogP contribution is -2.28. The molecular weight excluding hydrogens is 316 g/mol. The summed E-state index contributed by atoms with van der Waals surface area (Å²) in [6.07, 6.45) is 2.57. The van der Waals surface area contributed by atoms with Crippen molar-refractivity contribution in [1.82, 2.24) is 5.32 Å². The Morgan fingerprint density at radius 2 is 1.72 bits per heavy atom. The summed E-state index contributed by atoms with van der Waals surface area (Å²) in [5, 5.41) is 5.35. The van der Waals surface area contributed by atoms with E-state index in [2.05, 4.69) is 10.6 Å². The van der Waals surface area contributed by atoms with E-state index in [9.17, 15) is 9.59 Å². The van der Waals surface area contributed by atoms with Gasteiger partial charge in [0.1, 0.15) is 11.4 Å². The molecule has 2 aromatic carbocycles. The van der Waals surface area contributed by atoms with Crippen molar-refractivity contribution in [2.75, 3.05) is 11.9 Å². The van der Waals surface area contributed by atoms with Gasteiger partial charge < -0.3 is 15.4 Å². The van der Waals surface area contributed by atoms with Gasteiger partial charge in [-0.15, -0.1) is 0 Å². The highest BCUT2D eigenvalue weighted by Crippen LogP contribution is 2.16. The van der Waals surface area contributed by atoms with E-state index in [1.165, 1.54) is 6.92 Å². The van der Waals surface area contributed by atoms with Gasteiger partial charge in [0, 0.05) is 12.6 Å². The van der Waals surface area contributed by atoms with Gasteiger partial charge in [-0.1, -0.05) is 37.3 Å². The Morgan fingerprint density at radius 3 is 2.32 bits per heavy atom. The predicted molar refractivity (Wildman–Crippen MR) is 99.1 cm³/mol. The second kappa shape index (κ2) is 9.27. The van der Waals surface area contributed by atoms with Gasteiger partial charge in [0.25, 0.3) is 5.91 Å². The van der Waals surface area contributed by atoms with Crippen LogP contribution in [-0.2, 0) is 9.59 Å². The van der Waals surface area contributed by atoms with Gasteiger partial charge in [-0.3, -0.25) is 9.59 Å². The normalized spacial score (nSPS) is 10.9. The molecule has 2 rings (SSSR count). The Kier molecular flexibility index (Phi) is 6.77. The third-order valence-electron chi connectivity index (χ3n) is 3.25. The molecule has 0 saturated heterocycles. The fourth-order valence-corrected chi connectivity index (χ4v) is 2.12. The van der Waals surface area contributed by atoms with Crippen LogP contribution in [-0.4, -0.2) is 18.4 Å². The van der Waals surface area contributed by atoms with Crippen LogP contribution in [0, 0.1) is 0 Å². The molecule has 0 spiro atoms. The number of carbonyl (C=O) groups excluding carboxylic acids is 2. The second-order valence-corrected chi connectivity index (χ2v) is 5.48. The number of rotatable bonds is 7. The van der Waals surface area contributed by atoms with Gasteiger partial charge >= 0.3 is 0 Å². The Hall–Kier alpha value is -3.08. The second-order valence-electron chi connectivity index (χ2n) is 5.48. The first-order chi connectivity index (χ1) is 12.1. The molecule has 0 atom stereocenters. The van der Waals surface area contributed by atoms with Gasteiger partial charge in [-0.25, -0.2) is 0 Å². The molecule has 0 aromatic heterocycles. The Labute approximate surface area is 147 Å². The zero-order valence-electron chi connectivity index (χ0n) is 14.4. The van der Waals surface area contributed by atoms with Crippen LogP contribution in [0.5, 0.6) is 5.75 Å². The quantitative estimate of drug-likeness (QED) is 0.758. The molecule has 5 heteroatoms. The van der Waals surface area contributed by atoms with E-state index < -0.39 is 0 Å². The van der Waals surface area contributed by atoms with Crippen LogP contribution in [0.3, 0.4) is 0 Å². The highest BCUT2D eigenvalue weighted by molar-refractivity contribution is 6.08. The highest BCUT2D eigenvalue weighted by Gasteiger charge is 2.11. The van der Waals surface area contributed by atoms with Crippen LogP contribution in [0.15, 0.2) is 60.3 Å². The smallest absolute Gasteiger partial charge is 0.272 e. The predicted octanol–water partition coefficient (Wildman–Crippen LogP) is 3.59. The summed E-state index contributed by atoms with van der Waals surface area (Å²) in [7, 11) is 0. The fourth-order valence-electron chi connectivity index (χ4n) is 2.12. The van der Waals surface area contributed by atoms with Gasteiger partial charge in [0.2, 0.25) is 5.91 Å². The molecule has 2 amide bonds. The summed E-state index contributed by atoms with van der Waals surface area (Å²) in [6, 6.07) is 16.4. The number of ether oxygens (including phenoxy) is 1. The number of benzene rings is 2. The van der Waals surface area contributed by atoms with Crippen LogP contribution in [0.2, 0.25) is 0 Å². The maximum atomic E-state index is 12.5. The molecule has 0 aliphatic carbocycles. The number of carbonyl (C=O) groups is 2. The molecule has 0 aliphatic rings. The number of hydrogen-bond acceptors (Lipinski definition) is 3. The molecule has 0 fully saturated rings. The maximum absolute atomic E-state index is 12.5. The summed E-state index contributed by atoms with van der Waals surface area (Å²) in [4.78, 5) is 23.9. The van der Waals surface area contributed by atoms with Crippen LogP contribution < -0.4 is 15.4 Å². The molecule has 2 N–H and O–H groups in total. The lowest BCUT2D eigenvalue weighted by molar-refractivity contribution is -0.120. The average Bonchev–Trinajstić information content (AvgIpc) is 2.61. The van der Waals surface area contributed by atoms with Gasteiger partial charge in [0.15, 0.2) is 0 Å². The number of nitrogens with one attached hydrogen (secondary N) is 2. The molecule has 0 unspecified atom stereocenters. The van der Waals surface area contributed by atoms with E-state index in [1.54, 1.807) is 30.3 Å². The summed E-state index contributed by atoms with van der Waals surface area (Å²) >= 11 is 0. The number of amides is 2. The van der Waals surface area contributed by atoms with E-state index in [0.717, 1.165) is 17.7 Å². The van der Waals surface area contributed by atoms with Crippen LogP contribution in [0.25, 0.3) is 6.08 Å². The summed E-state index contributed by atoms with van der Waals surface area (Å²) in [5.41, 5.74) is 1.63. The highest BCUT2D eigenvalue weighted by atomic mass is 16.5. The van der Waals surface area contributed by atoms with Crippen molar-refractivity contribution >= 4 is 23.6 Å². The summed E-state index contributed by atoms with van der Waals surface area (Å²) in [6.45, 7) is 4.06.